The maximum Gasteiger partial charge on any atom is 0.261 e. The van der Waals surface area contributed by atoms with Gasteiger partial charge in [-0.15, -0.1) is 11.3 Å². The minimum Gasteiger partial charge on any atom is -0.491 e. The number of likely N-dealkylation sites (tertiary alicyclic amines) is 1. The molecule has 2 aliphatic rings. The number of fused-ring (bicyclic) bond motifs is 2. The molecule has 2 aliphatic heterocycles. The predicted molar refractivity (Wildman–Crippen MR) is 124 cm³/mol. The van der Waals surface area contributed by atoms with Crippen molar-refractivity contribution in [3.63, 3.8) is 0 Å². The molecule has 1 aromatic carbocycles. The van der Waals surface area contributed by atoms with Crippen molar-refractivity contribution >= 4 is 56.6 Å². The Kier molecular flexibility index (Phi) is 5.64. The molecule has 0 aliphatic carbocycles. The van der Waals surface area contributed by atoms with Gasteiger partial charge in [-0.2, -0.15) is 0 Å². The van der Waals surface area contributed by atoms with E-state index in [0.717, 1.165) is 36.1 Å². The SMILES string of the molecule is Nc1nc(-c2c(Cl)cc(Cl)c3c2CCO3)c2cc(C(=O)NCCN3CCCC3)sc2n1. The summed E-state index contributed by atoms with van der Waals surface area (Å²) in [6.45, 7) is 4.21. The van der Waals surface area contributed by atoms with E-state index >= 15 is 0 Å². The van der Waals surface area contributed by atoms with Crippen molar-refractivity contribution in [2.45, 2.75) is 19.3 Å². The zero-order valence-corrected chi connectivity index (χ0v) is 19.0. The molecule has 2 aromatic heterocycles. The van der Waals surface area contributed by atoms with Gasteiger partial charge in [0, 0.05) is 36.0 Å². The number of amides is 1. The number of carbonyl (C=O) groups is 1. The highest BCUT2D eigenvalue weighted by molar-refractivity contribution is 7.20. The molecule has 1 saturated heterocycles. The summed E-state index contributed by atoms with van der Waals surface area (Å²) in [6, 6.07) is 3.47. The Morgan fingerprint density at radius 3 is 2.84 bits per heavy atom. The standard InChI is InChI=1S/C21H21Cl2N5O2S/c22-13-10-14(23)18-11(3-8-30-18)16(13)17-12-9-15(31-20(12)27-21(24)26-17)19(29)25-4-7-28-5-1-2-6-28/h9-10H,1-8H2,(H,25,29)(H2,24,26,27). The summed E-state index contributed by atoms with van der Waals surface area (Å²) >= 11 is 14.2. The van der Waals surface area contributed by atoms with E-state index in [4.69, 9.17) is 33.7 Å². The average Bonchev–Trinajstić information content (AvgIpc) is 3.48. The maximum absolute atomic E-state index is 12.8. The lowest BCUT2D eigenvalue weighted by Crippen LogP contribution is -2.33. The molecule has 0 bridgehead atoms. The van der Waals surface area contributed by atoms with Gasteiger partial charge in [-0.3, -0.25) is 4.79 Å². The predicted octanol–water partition coefficient (Wildman–Crippen LogP) is 4.01. The number of anilines is 1. The number of thiophene rings is 1. The first-order valence-electron chi connectivity index (χ1n) is 10.2. The molecule has 1 amide bonds. The van der Waals surface area contributed by atoms with Crippen LogP contribution in [0.2, 0.25) is 10.0 Å². The van der Waals surface area contributed by atoms with E-state index in [9.17, 15) is 4.79 Å². The lowest BCUT2D eigenvalue weighted by molar-refractivity contribution is 0.0954. The Bertz CT molecular complexity index is 1180. The number of hydrogen-bond donors (Lipinski definition) is 2. The lowest BCUT2D eigenvalue weighted by Gasteiger charge is -2.14. The maximum atomic E-state index is 12.8. The largest absolute Gasteiger partial charge is 0.491 e. The number of halogens is 2. The van der Waals surface area contributed by atoms with Crippen LogP contribution in [-0.4, -0.2) is 53.6 Å². The van der Waals surface area contributed by atoms with E-state index in [0.29, 0.717) is 50.8 Å². The summed E-state index contributed by atoms with van der Waals surface area (Å²) in [5.41, 5.74) is 8.23. The number of hydrogen-bond acceptors (Lipinski definition) is 7. The average molecular weight is 478 g/mol. The third-order valence-electron chi connectivity index (χ3n) is 5.67. The number of carbonyl (C=O) groups excluding carboxylic acids is 1. The second-order valence-electron chi connectivity index (χ2n) is 7.69. The Morgan fingerprint density at radius 1 is 1.23 bits per heavy atom. The number of aromatic nitrogens is 2. The van der Waals surface area contributed by atoms with Gasteiger partial charge in [0.1, 0.15) is 10.6 Å². The van der Waals surface area contributed by atoms with Crippen LogP contribution < -0.4 is 15.8 Å². The zero-order chi connectivity index (χ0) is 21.5. The quantitative estimate of drug-likeness (QED) is 0.576. The van der Waals surface area contributed by atoms with Crippen LogP contribution in [0.15, 0.2) is 12.1 Å². The smallest absolute Gasteiger partial charge is 0.261 e. The number of ether oxygens (including phenoxy) is 1. The van der Waals surface area contributed by atoms with Gasteiger partial charge in [0.15, 0.2) is 0 Å². The van der Waals surface area contributed by atoms with Gasteiger partial charge in [-0.1, -0.05) is 23.2 Å². The number of nitrogens with one attached hydrogen (secondary N) is 1. The molecule has 0 saturated carbocycles. The molecule has 0 atom stereocenters. The summed E-state index contributed by atoms with van der Waals surface area (Å²) < 4.78 is 5.69. The third-order valence-corrected chi connectivity index (χ3v) is 7.27. The minimum absolute atomic E-state index is 0.123. The van der Waals surface area contributed by atoms with Crippen LogP contribution in [0.4, 0.5) is 5.95 Å². The Balaban J connectivity index is 1.49. The van der Waals surface area contributed by atoms with Gasteiger partial charge in [-0.05, 0) is 38.1 Å². The van der Waals surface area contributed by atoms with E-state index in [1.165, 1.54) is 24.2 Å². The Labute approximate surface area is 193 Å². The lowest BCUT2D eigenvalue weighted by atomic mass is 10.00. The molecule has 0 radical (unpaired) electrons. The summed E-state index contributed by atoms with van der Waals surface area (Å²) in [4.78, 5) is 25.2. The fraction of sp³-hybridized carbons (Fsp3) is 0.381. The molecule has 4 heterocycles. The minimum atomic E-state index is -0.123. The van der Waals surface area contributed by atoms with Gasteiger partial charge in [0.05, 0.1) is 27.2 Å². The second-order valence-corrected chi connectivity index (χ2v) is 9.53. The monoisotopic (exact) mass is 477 g/mol. The van der Waals surface area contributed by atoms with Gasteiger partial charge >= 0.3 is 0 Å². The van der Waals surface area contributed by atoms with Gasteiger partial charge in [-0.25, -0.2) is 9.97 Å². The summed E-state index contributed by atoms with van der Waals surface area (Å²) in [5, 5.41) is 4.69. The van der Waals surface area contributed by atoms with E-state index in [2.05, 4.69) is 20.2 Å². The highest BCUT2D eigenvalue weighted by Gasteiger charge is 2.26. The van der Waals surface area contributed by atoms with Crippen LogP contribution in [-0.2, 0) is 6.42 Å². The van der Waals surface area contributed by atoms with Crippen molar-refractivity contribution in [1.82, 2.24) is 20.2 Å². The highest BCUT2D eigenvalue weighted by atomic mass is 35.5. The first-order valence-corrected chi connectivity index (χ1v) is 11.8. The molecular weight excluding hydrogens is 457 g/mol. The summed E-state index contributed by atoms with van der Waals surface area (Å²) in [7, 11) is 0. The molecule has 5 rings (SSSR count). The van der Waals surface area contributed by atoms with Crippen LogP contribution in [0.25, 0.3) is 21.5 Å². The molecule has 162 valence electrons. The molecule has 10 heteroatoms. The van der Waals surface area contributed by atoms with E-state index in [1.54, 1.807) is 6.07 Å². The molecule has 7 nitrogen and oxygen atoms in total. The molecule has 31 heavy (non-hydrogen) atoms. The van der Waals surface area contributed by atoms with Crippen LogP contribution in [0.3, 0.4) is 0 Å². The first-order chi connectivity index (χ1) is 15.0. The molecule has 3 aromatic rings. The number of nitrogens with zero attached hydrogens (tertiary/aromatic N) is 3. The van der Waals surface area contributed by atoms with Gasteiger partial charge < -0.3 is 20.7 Å². The van der Waals surface area contributed by atoms with Crippen molar-refractivity contribution in [3.8, 4) is 17.0 Å². The van der Waals surface area contributed by atoms with E-state index in [-0.39, 0.29) is 11.9 Å². The normalized spacial score (nSPS) is 15.9. The number of benzene rings is 1. The van der Waals surface area contributed by atoms with Gasteiger partial charge in [0.2, 0.25) is 5.95 Å². The number of nitrogens with two attached hydrogens (primary N) is 1. The fourth-order valence-electron chi connectivity index (χ4n) is 4.22. The molecule has 0 spiro atoms. The molecule has 1 fully saturated rings. The number of nitrogen functional groups attached to an aromatic ring is 1. The highest BCUT2D eigenvalue weighted by Crippen LogP contribution is 2.46. The van der Waals surface area contributed by atoms with Crippen molar-refractivity contribution in [3.05, 3.63) is 32.6 Å². The molecule has 3 N–H and O–H groups in total. The van der Waals surface area contributed by atoms with Crippen LogP contribution in [0, 0.1) is 0 Å². The third kappa shape index (κ3) is 3.93. The van der Waals surface area contributed by atoms with Crippen molar-refractivity contribution < 1.29 is 9.53 Å². The van der Waals surface area contributed by atoms with Crippen LogP contribution >= 0.6 is 34.5 Å². The fourth-order valence-corrected chi connectivity index (χ4v) is 5.82. The Morgan fingerprint density at radius 2 is 2.03 bits per heavy atom. The van der Waals surface area contributed by atoms with Gasteiger partial charge in [0.25, 0.3) is 5.91 Å². The summed E-state index contributed by atoms with van der Waals surface area (Å²) in [6.07, 6.45) is 3.13. The van der Waals surface area contributed by atoms with Crippen molar-refractivity contribution in [1.29, 1.82) is 0 Å². The van der Waals surface area contributed by atoms with Crippen molar-refractivity contribution in [2.24, 2.45) is 0 Å². The number of rotatable bonds is 5. The van der Waals surface area contributed by atoms with Crippen molar-refractivity contribution in [2.75, 3.05) is 38.5 Å². The second kappa shape index (κ2) is 8.43. The van der Waals surface area contributed by atoms with Crippen LogP contribution in [0.1, 0.15) is 28.1 Å². The van der Waals surface area contributed by atoms with E-state index < -0.39 is 0 Å². The first kappa shape index (κ1) is 20.8. The zero-order valence-electron chi connectivity index (χ0n) is 16.7. The topological polar surface area (TPSA) is 93.4 Å². The molecular formula is C21H21Cl2N5O2S. The van der Waals surface area contributed by atoms with E-state index in [1.807, 2.05) is 6.07 Å². The molecule has 0 unspecified atom stereocenters. The Hall–Kier alpha value is -2.13. The van der Waals surface area contributed by atoms with Crippen LogP contribution in [0.5, 0.6) is 5.75 Å². The summed E-state index contributed by atoms with van der Waals surface area (Å²) in [5.74, 6) is 0.632.